The van der Waals surface area contributed by atoms with Crippen molar-refractivity contribution in [3.05, 3.63) is 71.8 Å². The first kappa shape index (κ1) is 16.8. The molecule has 2 aromatic rings. The Morgan fingerprint density at radius 2 is 1.41 bits per heavy atom. The predicted molar refractivity (Wildman–Crippen MR) is 91.3 cm³/mol. The molecule has 2 N–H and O–H groups in total. The lowest BCUT2D eigenvalue weighted by atomic mass is 9.98. The highest BCUT2D eigenvalue weighted by Gasteiger charge is 2.13. The van der Waals surface area contributed by atoms with Gasteiger partial charge in [0.2, 0.25) is 0 Å². The molecule has 4 heteroatoms. The van der Waals surface area contributed by atoms with Gasteiger partial charge in [0.25, 0.3) is 0 Å². The molecule has 0 amide bonds. The Morgan fingerprint density at radius 1 is 0.864 bits per heavy atom. The number of hydrogen-bond acceptors (Lipinski definition) is 2. The summed E-state index contributed by atoms with van der Waals surface area (Å²) >= 11 is 0. The van der Waals surface area contributed by atoms with Gasteiger partial charge in [-0.05, 0) is 41.5 Å². The number of nitrogens with one attached hydrogen (secondary N) is 1. The van der Waals surface area contributed by atoms with Gasteiger partial charge in [0, 0.05) is 0 Å². The summed E-state index contributed by atoms with van der Waals surface area (Å²) in [6, 6.07) is 21.1. The molecule has 0 bridgehead atoms. The second-order valence-electron chi connectivity index (χ2n) is 5.34. The van der Waals surface area contributed by atoms with Crippen molar-refractivity contribution >= 4 is 8.03 Å². The van der Waals surface area contributed by atoms with Gasteiger partial charge in [0.15, 0.2) is 6.16 Å². The second-order valence-corrected chi connectivity index (χ2v) is 6.50. The molecule has 2 aromatic carbocycles. The first-order valence-electron chi connectivity index (χ1n) is 7.74. The second kappa shape index (κ2) is 9.47. The van der Waals surface area contributed by atoms with Gasteiger partial charge in [0.1, 0.15) is 0 Å². The van der Waals surface area contributed by atoms with E-state index < -0.39 is 8.03 Å². The standard InChI is InChI=1S/C18H22NO2P/c20-22(21)15-9-3-8-14-19-18(16-10-4-1-5-11-16)17-12-6-2-7-13-17/h1-2,4-7,10-13,18-19H,3,8-9,14-15H2/p+1. The van der Waals surface area contributed by atoms with E-state index in [1.54, 1.807) is 0 Å². The smallest absolute Gasteiger partial charge is 0.306 e. The summed E-state index contributed by atoms with van der Waals surface area (Å²) in [6.07, 6.45) is 3.22. The molecule has 0 spiro atoms. The van der Waals surface area contributed by atoms with Crippen molar-refractivity contribution in [2.24, 2.45) is 0 Å². The molecule has 2 rings (SSSR count). The van der Waals surface area contributed by atoms with E-state index in [1.165, 1.54) is 11.1 Å². The van der Waals surface area contributed by atoms with Crippen LogP contribution in [0.15, 0.2) is 60.7 Å². The van der Waals surface area contributed by atoms with E-state index in [9.17, 15) is 4.57 Å². The van der Waals surface area contributed by atoms with Crippen molar-refractivity contribution in [2.75, 3.05) is 12.7 Å². The monoisotopic (exact) mass is 316 g/mol. The Bertz CT molecular complexity index is 520. The Kier molecular flexibility index (Phi) is 7.24. The molecule has 0 aliphatic rings. The van der Waals surface area contributed by atoms with E-state index in [-0.39, 0.29) is 6.04 Å². The van der Waals surface area contributed by atoms with Crippen LogP contribution in [-0.2, 0) is 4.57 Å². The highest BCUT2D eigenvalue weighted by atomic mass is 31.1. The largest absolute Gasteiger partial charge is 0.505 e. The third kappa shape index (κ3) is 5.69. The van der Waals surface area contributed by atoms with Gasteiger partial charge in [-0.3, -0.25) is 0 Å². The van der Waals surface area contributed by atoms with Crippen molar-refractivity contribution in [3.8, 4) is 0 Å². The van der Waals surface area contributed by atoms with Crippen molar-refractivity contribution < 1.29 is 9.46 Å². The minimum absolute atomic E-state index is 0.192. The maximum Gasteiger partial charge on any atom is 0.505 e. The highest BCUT2D eigenvalue weighted by Crippen LogP contribution is 2.22. The summed E-state index contributed by atoms with van der Waals surface area (Å²) < 4.78 is 10.6. The fourth-order valence-corrected chi connectivity index (χ4v) is 3.01. The van der Waals surface area contributed by atoms with Crippen LogP contribution in [0.25, 0.3) is 0 Å². The lowest BCUT2D eigenvalue weighted by molar-refractivity contribution is 0.498. The Labute approximate surface area is 133 Å². The summed E-state index contributed by atoms with van der Waals surface area (Å²) in [4.78, 5) is 8.79. The summed E-state index contributed by atoms with van der Waals surface area (Å²) in [6.45, 7) is 0.899. The predicted octanol–water partition coefficient (Wildman–Crippen LogP) is 4.27. The number of rotatable bonds is 9. The van der Waals surface area contributed by atoms with Crippen LogP contribution in [0.3, 0.4) is 0 Å². The quantitative estimate of drug-likeness (QED) is 0.536. The molecule has 0 saturated carbocycles. The first-order chi connectivity index (χ1) is 10.8. The maximum atomic E-state index is 10.6. The van der Waals surface area contributed by atoms with E-state index in [4.69, 9.17) is 4.89 Å². The van der Waals surface area contributed by atoms with Crippen LogP contribution in [0.4, 0.5) is 0 Å². The third-order valence-electron chi connectivity index (χ3n) is 3.64. The minimum atomic E-state index is -1.98. The number of hydrogen-bond donors (Lipinski definition) is 2. The number of unbranched alkanes of at least 4 members (excludes halogenated alkanes) is 2. The van der Waals surface area contributed by atoms with Gasteiger partial charge in [-0.15, -0.1) is 0 Å². The summed E-state index contributed by atoms with van der Waals surface area (Å²) in [5, 5.41) is 3.61. The zero-order valence-corrected chi connectivity index (χ0v) is 13.6. The normalized spacial score (nSPS) is 11.6. The molecule has 3 nitrogen and oxygen atoms in total. The molecule has 0 radical (unpaired) electrons. The molecule has 0 saturated heterocycles. The average molecular weight is 316 g/mol. The molecule has 0 heterocycles. The summed E-state index contributed by atoms with van der Waals surface area (Å²) in [5.41, 5.74) is 2.51. The lowest BCUT2D eigenvalue weighted by Gasteiger charge is -2.19. The van der Waals surface area contributed by atoms with Gasteiger partial charge >= 0.3 is 8.03 Å². The molecule has 0 aromatic heterocycles. The highest BCUT2D eigenvalue weighted by molar-refractivity contribution is 7.37. The topological polar surface area (TPSA) is 49.3 Å². The van der Waals surface area contributed by atoms with Gasteiger partial charge in [-0.1, -0.05) is 60.7 Å². The molecule has 22 heavy (non-hydrogen) atoms. The molecule has 1 unspecified atom stereocenters. The van der Waals surface area contributed by atoms with Gasteiger partial charge in [0.05, 0.1) is 6.04 Å². The van der Waals surface area contributed by atoms with E-state index in [2.05, 4.69) is 53.8 Å². The van der Waals surface area contributed by atoms with Crippen LogP contribution in [0.1, 0.15) is 36.4 Å². The molecule has 0 fully saturated rings. The van der Waals surface area contributed by atoms with Crippen LogP contribution in [0, 0.1) is 0 Å². The van der Waals surface area contributed by atoms with Crippen molar-refractivity contribution in [2.45, 2.75) is 25.3 Å². The van der Waals surface area contributed by atoms with Crippen LogP contribution < -0.4 is 5.32 Å². The Hall–Kier alpha value is -1.54. The zero-order valence-electron chi connectivity index (χ0n) is 12.7. The first-order valence-corrected chi connectivity index (χ1v) is 9.14. The zero-order chi connectivity index (χ0) is 15.6. The van der Waals surface area contributed by atoms with E-state index >= 15 is 0 Å². The van der Waals surface area contributed by atoms with Crippen LogP contribution in [0.2, 0.25) is 0 Å². The SMILES string of the molecule is O=[P+](O)CCCCCNC(c1ccccc1)c1ccccc1. The summed E-state index contributed by atoms with van der Waals surface area (Å²) in [7, 11) is -1.98. The third-order valence-corrected chi connectivity index (χ3v) is 4.34. The molecule has 1 atom stereocenters. The van der Waals surface area contributed by atoms with Crippen LogP contribution >= 0.6 is 8.03 Å². The molecule has 0 aliphatic heterocycles. The van der Waals surface area contributed by atoms with Gasteiger partial charge in [-0.2, -0.15) is 4.89 Å². The van der Waals surface area contributed by atoms with Crippen molar-refractivity contribution in [3.63, 3.8) is 0 Å². The molecule has 116 valence electrons. The van der Waals surface area contributed by atoms with Crippen molar-refractivity contribution in [1.29, 1.82) is 0 Å². The average Bonchev–Trinajstić information content (AvgIpc) is 2.55. The summed E-state index contributed by atoms with van der Waals surface area (Å²) in [5.74, 6) is 0. The Morgan fingerprint density at radius 3 is 1.91 bits per heavy atom. The van der Waals surface area contributed by atoms with Crippen LogP contribution in [0.5, 0.6) is 0 Å². The van der Waals surface area contributed by atoms with Gasteiger partial charge in [-0.25, -0.2) is 0 Å². The number of benzene rings is 2. The molecular formula is C18H23NO2P+. The fraction of sp³-hybridized carbons (Fsp3) is 0.333. The minimum Gasteiger partial charge on any atom is -0.306 e. The molecule has 0 aliphatic carbocycles. The fourth-order valence-electron chi connectivity index (χ4n) is 2.51. The van der Waals surface area contributed by atoms with Gasteiger partial charge < -0.3 is 5.32 Å². The van der Waals surface area contributed by atoms with Crippen molar-refractivity contribution in [1.82, 2.24) is 5.32 Å². The maximum absolute atomic E-state index is 10.6. The van der Waals surface area contributed by atoms with E-state index in [1.807, 2.05) is 12.1 Å². The molecular weight excluding hydrogens is 293 g/mol. The lowest BCUT2D eigenvalue weighted by Crippen LogP contribution is -2.23. The van der Waals surface area contributed by atoms with E-state index in [0.29, 0.717) is 6.16 Å². The van der Waals surface area contributed by atoms with Crippen LogP contribution in [-0.4, -0.2) is 17.6 Å². The Balaban J connectivity index is 1.91. The van der Waals surface area contributed by atoms with E-state index in [0.717, 1.165) is 25.8 Å².